The van der Waals surface area contributed by atoms with Crippen molar-refractivity contribution in [1.29, 1.82) is 0 Å². The van der Waals surface area contributed by atoms with Gasteiger partial charge in [-0.2, -0.15) is 0 Å². The number of benzene rings is 1. The van der Waals surface area contributed by atoms with Crippen LogP contribution in [0.25, 0.3) is 0 Å². The number of ether oxygens (including phenoxy) is 2. The van der Waals surface area contributed by atoms with Gasteiger partial charge in [-0.25, -0.2) is 0 Å². The molecule has 1 aromatic carbocycles. The first kappa shape index (κ1) is 26.1. The van der Waals surface area contributed by atoms with Gasteiger partial charge in [-0.15, -0.1) is 0 Å². The maximum atomic E-state index is 12.9. The molecule has 5 heteroatoms. The molecule has 0 spiro atoms. The fourth-order valence-electron chi connectivity index (χ4n) is 10.2. The number of methoxy groups -OCH3 is 1. The highest BCUT2D eigenvalue weighted by atomic mass is 16.5. The van der Waals surface area contributed by atoms with Crippen LogP contribution in [0.15, 0.2) is 24.3 Å². The molecule has 0 bridgehead atoms. The molecule has 37 heavy (non-hydrogen) atoms. The van der Waals surface area contributed by atoms with E-state index in [0.29, 0.717) is 24.4 Å². The summed E-state index contributed by atoms with van der Waals surface area (Å²) in [6.07, 6.45) is 11.5. The van der Waals surface area contributed by atoms with Crippen molar-refractivity contribution in [2.75, 3.05) is 33.4 Å². The summed E-state index contributed by atoms with van der Waals surface area (Å²) in [7, 11) is 1.72. The predicted octanol–water partition coefficient (Wildman–Crippen LogP) is 5.52. The fraction of sp³-hybridized carbons (Fsp3) is 0.812. The minimum absolute atomic E-state index is 0.134. The highest BCUT2D eigenvalue weighted by molar-refractivity contribution is 5.37. The van der Waals surface area contributed by atoms with Crippen LogP contribution in [0.3, 0.4) is 0 Å². The molecule has 5 aliphatic rings. The fourth-order valence-corrected chi connectivity index (χ4v) is 10.2. The van der Waals surface area contributed by atoms with Crippen molar-refractivity contribution in [3.05, 3.63) is 29.8 Å². The quantitative estimate of drug-likeness (QED) is 0.527. The summed E-state index contributed by atoms with van der Waals surface area (Å²) in [6.45, 7) is 8.89. The zero-order chi connectivity index (χ0) is 25.9. The zero-order valence-corrected chi connectivity index (χ0v) is 23.4. The number of hydrogen-bond acceptors (Lipinski definition) is 5. The lowest BCUT2D eigenvalue weighted by molar-refractivity contribution is -0.249. The highest BCUT2D eigenvalue weighted by Crippen LogP contribution is 2.72. The van der Waals surface area contributed by atoms with E-state index >= 15 is 0 Å². The van der Waals surface area contributed by atoms with Gasteiger partial charge in [-0.3, -0.25) is 0 Å². The molecule has 5 nitrogen and oxygen atoms in total. The number of likely N-dealkylation sites (tertiary alicyclic amines) is 1. The Kier molecular flexibility index (Phi) is 6.70. The van der Waals surface area contributed by atoms with E-state index in [1.165, 1.54) is 31.5 Å². The normalized spacial score (nSPS) is 45.8. The Balaban J connectivity index is 1.33. The molecule has 4 aliphatic carbocycles. The smallest absolute Gasteiger partial charge is 0.118 e. The van der Waals surface area contributed by atoms with E-state index in [4.69, 9.17) is 9.47 Å². The molecule has 1 aliphatic heterocycles. The monoisotopic (exact) mass is 511 g/mol. The van der Waals surface area contributed by atoms with Crippen LogP contribution in [-0.2, 0) is 10.3 Å². The molecular weight excluding hydrogens is 462 g/mol. The van der Waals surface area contributed by atoms with Crippen LogP contribution >= 0.6 is 0 Å². The van der Waals surface area contributed by atoms with Crippen LogP contribution in [0.4, 0.5) is 0 Å². The highest BCUT2D eigenvalue weighted by Gasteiger charge is 2.72. The van der Waals surface area contributed by atoms with Gasteiger partial charge in [0.2, 0.25) is 0 Å². The molecule has 5 fully saturated rings. The zero-order valence-electron chi connectivity index (χ0n) is 23.4. The molecule has 0 radical (unpaired) electrons. The lowest BCUT2D eigenvalue weighted by atomic mass is 9.42. The third-order valence-electron chi connectivity index (χ3n) is 12.4. The third-order valence-corrected chi connectivity index (χ3v) is 12.4. The molecule has 1 aromatic rings. The van der Waals surface area contributed by atoms with E-state index in [1.54, 1.807) is 7.11 Å². The van der Waals surface area contributed by atoms with Gasteiger partial charge in [-0.1, -0.05) is 26.0 Å². The molecule has 1 heterocycles. The number of rotatable bonds is 6. The lowest BCUT2D eigenvalue weighted by Crippen LogP contribution is -2.65. The van der Waals surface area contributed by atoms with E-state index in [0.717, 1.165) is 70.1 Å². The van der Waals surface area contributed by atoms with Gasteiger partial charge in [0.1, 0.15) is 11.4 Å². The Morgan fingerprint density at radius 3 is 2.41 bits per heavy atom. The Morgan fingerprint density at radius 1 is 0.919 bits per heavy atom. The lowest BCUT2D eigenvalue weighted by Gasteiger charge is -2.64. The molecule has 206 valence electrons. The summed E-state index contributed by atoms with van der Waals surface area (Å²) in [4.78, 5) is 2.53. The van der Waals surface area contributed by atoms with Crippen LogP contribution in [0, 0.1) is 28.6 Å². The van der Waals surface area contributed by atoms with Crippen LogP contribution < -0.4 is 4.74 Å². The first-order chi connectivity index (χ1) is 17.8. The van der Waals surface area contributed by atoms with Crippen molar-refractivity contribution in [3.8, 4) is 5.75 Å². The maximum Gasteiger partial charge on any atom is 0.118 e. The molecule has 8 atom stereocenters. The van der Waals surface area contributed by atoms with Gasteiger partial charge in [-0.05, 0) is 125 Å². The third kappa shape index (κ3) is 3.85. The Bertz CT molecular complexity index is 962. The molecule has 6 rings (SSSR count). The van der Waals surface area contributed by atoms with Gasteiger partial charge in [0.25, 0.3) is 0 Å². The number of aliphatic hydroxyl groups excluding tert-OH is 1. The Labute approximate surface area is 223 Å². The molecule has 4 saturated carbocycles. The SMILES string of the molecule is COc1ccc([C@@]2(OCCN3CCCC3)CC[C@]3(O)[C@@H]4CC[C@@H]5C[C@@H](O)CC[C@]5(C)[C@H]4CC[C@]23C)cc1. The van der Waals surface area contributed by atoms with E-state index in [-0.39, 0.29) is 16.9 Å². The van der Waals surface area contributed by atoms with Crippen LogP contribution in [0.5, 0.6) is 5.75 Å². The number of hydrogen-bond donors (Lipinski definition) is 2. The van der Waals surface area contributed by atoms with Gasteiger partial charge >= 0.3 is 0 Å². The van der Waals surface area contributed by atoms with Crippen LogP contribution in [-0.4, -0.2) is 60.2 Å². The van der Waals surface area contributed by atoms with Crippen molar-refractivity contribution in [1.82, 2.24) is 4.90 Å². The number of aliphatic hydroxyl groups is 2. The minimum atomic E-state index is -0.729. The van der Waals surface area contributed by atoms with Gasteiger partial charge in [0, 0.05) is 12.0 Å². The maximum absolute atomic E-state index is 12.9. The predicted molar refractivity (Wildman–Crippen MR) is 145 cm³/mol. The second-order valence-corrected chi connectivity index (χ2v) is 13.7. The summed E-state index contributed by atoms with van der Waals surface area (Å²) in [5.74, 6) is 2.30. The largest absolute Gasteiger partial charge is 0.497 e. The van der Waals surface area contributed by atoms with Crippen molar-refractivity contribution >= 4 is 0 Å². The summed E-state index contributed by atoms with van der Waals surface area (Å²) < 4.78 is 12.6. The molecule has 0 amide bonds. The second-order valence-electron chi connectivity index (χ2n) is 13.7. The summed E-state index contributed by atoms with van der Waals surface area (Å²) >= 11 is 0. The molecule has 1 saturated heterocycles. The minimum Gasteiger partial charge on any atom is -0.497 e. The van der Waals surface area contributed by atoms with Crippen molar-refractivity contribution in [2.45, 2.75) is 102 Å². The van der Waals surface area contributed by atoms with Crippen LogP contribution in [0.1, 0.15) is 90.0 Å². The first-order valence-corrected chi connectivity index (χ1v) is 15.2. The summed E-state index contributed by atoms with van der Waals surface area (Å²) in [5.41, 5.74) is -0.112. The van der Waals surface area contributed by atoms with Gasteiger partial charge < -0.3 is 24.6 Å². The summed E-state index contributed by atoms with van der Waals surface area (Å²) in [5, 5.41) is 23.3. The Morgan fingerprint density at radius 2 is 1.68 bits per heavy atom. The topological polar surface area (TPSA) is 62.2 Å². The average molecular weight is 512 g/mol. The number of nitrogens with zero attached hydrogens (tertiary/aromatic N) is 1. The average Bonchev–Trinajstić information content (AvgIpc) is 3.50. The first-order valence-electron chi connectivity index (χ1n) is 15.2. The molecule has 0 unspecified atom stereocenters. The standard InChI is InChI=1S/C32H49NO4/c1-29-14-12-25(34)22-24(29)8-11-28-27(29)13-15-30(2)31(28,35)16-17-32(30,23-6-9-26(36-3)10-7-23)37-21-20-33-18-4-5-19-33/h6-7,9-10,24-25,27-28,34-35H,4-5,8,11-22H2,1-3H3/t24-,25+,27+,28-,29+,30+,31+,32+/m1/s1. The van der Waals surface area contributed by atoms with Crippen molar-refractivity contribution in [3.63, 3.8) is 0 Å². The molecule has 0 aromatic heterocycles. The van der Waals surface area contributed by atoms with Gasteiger partial charge in [0.15, 0.2) is 0 Å². The Hall–Kier alpha value is -1.14. The van der Waals surface area contributed by atoms with Gasteiger partial charge in [0.05, 0.1) is 25.4 Å². The van der Waals surface area contributed by atoms with E-state index in [2.05, 4.69) is 43.0 Å². The number of fused-ring (bicyclic) bond motifs is 5. The van der Waals surface area contributed by atoms with Crippen molar-refractivity contribution < 1.29 is 19.7 Å². The molecule has 2 N–H and O–H groups in total. The van der Waals surface area contributed by atoms with E-state index in [1.807, 2.05) is 0 Å². The van der Waals surface area contributed by atoms with E-state index < -0.39 is 11.2 Å². The second kappa shape index (κ2) is 9.50. The van der Waals surface area contributed by atoms with E-state index in [9.17, 15) is 10.2 Å². The summed E-state index contributed by atoms with van der Waals surface area (Å²) in [6, 6.07) is 8.51. The molecular formula is C32H49NO4. The van der Waals surface area contributed by atoms with Crippen molar-refractivity contribution in [2.24, 2.45) is 28.6 Å². The van der Waals surface area contributed by atoms with Crippen LogP contribution in [0.2, 0.25) is 0 Å².